The number of nitrogens with zero attached hydrogens (tertiary/aromatic N) is 1. The van der Waals surface area contributed by atoms with Gasteiger partial charge < -0.3 is 14.4 Å². The predicted octanol–water partition coefficient (Wildman–Crippen LogP) is 4.92. The van der Waals surface area contributed by atoms with Crippen molar-refractivity contribution in [3.05, 3.63) is 46.8 Å². The zero-order chi connectivity index (χ0) is 19.5. The lowest BCUT2D eigenvalue weighted by atomic mass is 10.0. The average molecular weight is 398 g/mol. The number of hydrogen-bond acceptors (Lipinski definition) is 4. The smallest absolute Gasteiger partial charge is 0.242 e. The molecule has 0 aliphatic carbocycles. The number of carbonyl (C=O) groups is 1. The fourth-order valence-corrected chi connectivity index (χ4v) is 3.37. The van der Waals surface area contributed by atoms with Gasteiger partial charge in [-0.2, -0.15) is 0 Å². The first kappa shape index (κ1) is 22.5. The van der Waals surface area contributed by atoms with Crippen molar-refractivity contribution < 1.29 is 14.3 Å². The van der Waals surface area contributed by atoms with Crippen molar-refractivity contribution in [3.63, 3.8) is 0 Å². The molecule has 2 aromatic rings. The number of alkyl halides is 1. The molecule has 0 N–H and O–H groups in total. The highest BCUT2D eigenvalue weighted by Gasteiger charge is 2.24. The topological polar surface area (TPSA) is 38.8 Å². The molecule has 26 heavy (non-hydrogen) atoms. The highest BCUT2D eigenvalue weighted by molar-refractivity contribution is 7.11. The lowest BCUT2D eigenvalue weighted by Gasteiger charge is -2.31. The van der Waals surface area contributed by atoms with Gasteiger partial charge >= 0.3 is 0 Å². The van der Waals surface area contributed by atoms with E-state index in [-0.39, 0.29) is 17.8 Å². The van der Waals surface area contributed by atoms with Gasteiger partial charge in [0.05, 0.1) is 25.4 Å². The van der Waals surface area contributed by atoms with Gasteiger partial charge in [0, 0.05) is 7.11 Å². The Bertz CT molecular complexity index is 661. The third-order valence-electron chi connectivity index (χ3n) is 3.87. The van der Waals surface area contributed by atoms with E-state index in [2.05, 4.69) is 13.0 Å². The highest BCUT2D eigenvalue weighted by atomic mass is 35.5. The number of hydrogen-bond donors (Lipinski definition) is 0. The molecule has 1 unspecified atom stereocenters. The number of thiophene rings is 1. The van der Waals surface area contributed by atoms with E-state index >= 15 is 0 Å². The van der Waals surface area contributed by atoms with Gasteiger partial charge in [0.25, 0.3) is 0 Å². The third-order valence-corrected chi connectivity index (χ3v) is 4.93. The molecule has 1 aromatic carbocycles. The number of aryl methyl sites for hydroxylation is 2. The van der Waals surface area contributed by atoms with Crippen LogP contribution in [0.4, 0.5) is 5.69 Å². The van der Waals surface area contributed by atoms with Gasteiger partial charge in [0.15, 0.2) is 5.06 Å². The first-order valence-corrected chi connectivity index (χ1v) is 9.94. The SMILES string of the molecule is CCc1cccc(C)c1N(C(=O)CCl)C(C)COC.COc1cccs1. The van der Waals surface area contributed by atoms with Crippen LogP contribution < -0.4 is 9.64 Å². The summed E-state index contributed by atoms with van der Waals surface area (Å²) in [6, 6.07) is 9.94. The lowest BCUT2D eigenvalue weighted by Crippen LogP contribution is -2.43. The Kier molecular flexibility index (Phi) is 10.3. The summed E-state index contributed by atoms with van der Waals surface area (Å²) in [6.45, 7) is 6.56. The monoisotopic (exact) mass is 397 g/mol. The summed E-state index contributed by atoms with van der Waals surface area (Å²) in [5.41, 5.74) is 3.21. The van der Waals surface area contributed by atoms with Crippen LogP contribution in [0.5, 0.6) is 5.06 Å². The number of benzene rings is 1. The molecule has 6 heteroatoms. The Morgan fingerprint density at radius 2 is 2.00 bits per heavy atom. The van der Waals surface area contributed by atoms with Crippen LogP contribution in [0, 0.1) is 6.92 Å². The van der Waals surface area contributed by atoms with Crippen LogP contribution in [0.2, 0.25) is 0 Å². The number of rotatable bonds is 7. The second kappa shape index (κ2) is 11.9. The quantitative estimate of drug-likeness (QED) is 0.622. The van der Waals surface area contributed by atoms with Crippen molar-refractivity contribution in [2.75, 3.05) is 31.6 Å². The molecule has 1 heterocycles. The van der Waals surface area contributed by atoms with E-state index < -0.39 is 0 Å². The highest BCUT2D eigenvalue weighted by Crippen LogP contribution is 2.28. The molecule has 0 aliphatic rings. The molecule has 2 rings (SSSR count). The summed E-state index contributed by atoms with van der Waals surface area (Å²) in [5, 5.41) is 2.96. The van der Waals surface area contributed by atoms with Gasteiger partial charge in [-0.3, -0.25) is 4.79 Å². The molecule has 0 spiro atoms. The molecule has 0 aliphatic heterocycles. The minimum Gasteiger partial charge on any atom is -0.487 e. The number of halogens is 1. The van der Waals surface area contributed by atoms with Gasteiger partial charge in [-0.15, -0.1) is 22.9 Å². The van der Waals surface area contributed by atoms with Crippen LogP contribution in [0.15, 0.2) is 35.7 Å². The molecule has 1 atom stereocenters. The van der Waals surface area contributed by atoms with Gasteiger partial charge in [-0.05, 0) is 48.9 Å². The van der Waals surface area contributed by atoms with E-state index in [1.807, 2.05) is 43.5 Å². The Morgan fingerprint density at radius 1 is 1.27 bits per heavy atom. The van der Waals surface area contributed by atoms with Gasteiger partial charge in [-0.1, -0.05) is 25.1 Å². The first-order valence-electron chi connectivity index (χ1n) is 8.53. The minimum atomic E-state index is -0.0878. The van der Waals surface area contributed by atoms with Crippen molar-refractivity contribution in [2.24, 2.45) is 0 Å². The van der Waals surface area contributed by atoms with Crippen molar-refractivity contribution in [2.45, 2.75) is 33.2 Å². The first-order chi connectivity index (χ1) is 12.5. The van der Waals surface area contributed by atoms with E-state index in [1.54, 1.807) is 30.5 Å². The maximum Gasteiger partial charge on any atom is 0.242 e. The maximum atomic E-state index is 12.2. The van der Waals surface area contributed by atoms with Crippen molar-refractivity contribution >= 4 is 34.5 Å². The van der Waals surface area contributed by atoms with E-state index in [9.17, 15) is 4.79 Å². The maximum absolute atomic E-state index is 12.2. The molecular formula is C20H28ClNO3S. The largest absolute Gasteiger partial charge is 0.487 e. The molecule has 0 saturated heterocycles. The molecule has 0 saturated carbocycles. The number of ether oxygens (including phenoxy) is 2. The van der Waals surface area contributed by atoms with Gasteiger partial charge in [0.2, 0.25) is 5.91 Å². The zero-order valence-corrected chi connectivity index (χ0v) is 17.7. The van der Waals surface area contributed by atoms with Crippen LogP contribution in [-0.2, 0) is 16.0 Å². The van der Waals surface area contributed by atoms with Crippen LogP contribution in [0.1, 0.15) is 25.0 Å². The molecule has 4 nitrogen and oxygen atoms in total. The number of anilines is 1. The zero-order valence-electron chi connectivity index (χ0n) is 16.1. The van der Waals surface area contributed by atoms with Crippen LogP contribution >= 0.6 is 22.9 Å². The van der Waals surface area contributed by atoms with Crippen molar-refractivity contribution in [1.29, 1.82) is 0 Å². The normalized spacial score (nSPS) is 11.3. The fraction of sp³-hybridized carbons (Fsp3) is 0.450. The summed E-state index contributed by atoms with van der Waals surface area (Å²) in [4.78, 5) is 14.0. The molecule has 0 bridgehead atoms. The van der Waals surface area contributed by atoms with E-state index in [0.717, 1.165) is 28.3 Å². The van der Waals surface area contributed by atoms with Crippen molar-refractivity contribution in [1.82, 2.24) is 0 Å². The fourth-order valence-electron chi connectivity index (χ4n) is 2.70. The Morgan fingerprint density at radius 3 is 2.46 bits per heavy atom. The Balaban J connectivity index is 0.000000401. The van der Waals surface area contributed by atoms with Crippen LogP contribution in [0.25, 0.3) is 0 Å². The number of amides is 1. The van der Waals surface area contributed by atoms with Gasteiger partial charge in [-0.25, -0.2) is 0 Å². The predicted molar refractivity (Wildman–Crippen MR) is 111 cm³/mol. The molecular weight excluding hydrogens is 370 g/mol. The van der Waals surface area contributed by atoms with Crippen LogP contribution in [-0.4, -0.2) is 38.7 Å². The number of methoxy groups -OCH3 is 2. The summed E-state index contributed by atoms with van der Waals surface area (Å²) < 4.78 is 10.0. The number of para-hydroxylation sites is 1. The average Bonchev–Trinajstić information content (AvgIpc) is 3.17. The standard InChI is InChI=1S/C15H22ClNO2.C5H6OS/c1-5-13-8-6-7-11(2)15(13)17(14(18)9-16)12(3)10-19-4;1-6-5-3-2-4-7-5/h6-8,12H,5,9-10H2,1-4H3;2-4H,1H3. The van der Waals surface area contributed by atoms with Crippen LogP contribution in [0.3, 0.4) is 0 Å². The summed E-state index contributed by atoms with van der Waals surface area (Å²) in [5.74, 6) is -0.110. The molecule has 1 aromatic heterocycles. The van der Waals surface area contributed by atoms with E-state index in [0.29, 0.717) is 6.61 Å². The Labute approximate surface area is 165 Å². The summed E-state index contributed by atoms with van der Waals surface area (Å²) >= 11 is 7.36. The summed E-state index contributed by atoms with van der Waals surface area (Å²) in [6.07, 6.45) is 0.878. The Hall–Kier alpha value is -1.56. The van der Waals surface area contributed by atoms with Gasteiger partial charge in [0.1, 0.15) is 5.88 Å². The molecule has 1 amide bonds. The number of carbonyl (C=O) groups excluding carboxylic acids is 1. The summed E-state index contributed by atoms with van der Waals surface area (Å²) in [7, 11) is 3.31. The minimum absolute atomic E-state index is 0.0223. The third kappa shape index (κ3) is 6.31. The second-order valence-electron chi connectivity index (χ2n) is 5.77. The second-order valence-corrected chi connectivity index (χ2v) is 6.95. The molecule has 0 radical (unpaired) electrons. The van der Waals surface area contributed by atoms with Crippen molar-refractivity contribution in [3.8, 4) is 5.06 Å². The van der Waals surface area contributed by atoms with E-state index in [1.165, 1.54) is 0 Å². The molecule has 0 fully saturated rings. The molecule has 144 valence electrons. The van der Waals surface area contributed by atoms with E-state index in [4.69, 9.17) is 21.1 Å². The lowest BCUT2D eigenvalue weighted by molar-refractivity contribution is -0.116.